The number of amides is 2. The van der Waals surface area contributed by atoms with E-state index in [-0.39, 0.29) is 0 Å². The van der Waals surface area contributed by atoms with E-state index < -0.39 is 15.1 Å². The lowest BCUT2D eigenvalue weighted by atomic mass is 10.5. The molecule has 0 aliphatic carbocycles. The smallest absolute Gasteiger partial charge is 0.312 e. The molecule has 72 valence electrons. The van der Waals surface area contributed by atoms with Gasteiger partial charge in [-0.1, -0.05) is 0 Å². The zero-order valence-electron chi connectivity index (χ0n) is 7.80. The first-order valence-electron chi connectivity index (χ1n) is 4.31. The summed E-state index contributed by atoms with van der Waals surface area (Å²) in [6.45, 7) is 5.63. The molecule has 0 spiro atoms. The van der Waals surface area contributed by atoms with Gasteiger partial charge in [0.2, 0.25) is 0 Å². The van der Waals surface area contributed by atoms with Gasteiger partial charge in [-0.3, -0.25) is 0 Å². The SMILES string of the molecule is CCO[SiH](C)CCCNC(N)=O. The molecule has 4 nitrogen and oxygen atoms in total. The van der Waals surface area contributed by atoms with E-state index in [1.54, 1.807) is 0 Å². The van der Waals surface area contributed by atoms with Crippen LogP contribution in [0.15, 0.2) is 0 Å². The standard InChI is InChI=1S/C7H18N2O2Si/c1-3-11-12(2)6-4-5-9-7(8)10/h12H,3-6H2,1-2H3,(H3,8,9,10). The predicted octanol–water partition coefficient (Wildman–Crippen LogP) is 0.435. The Kier molecular flexibility index (Phi) is 6.79. The maximum absolute atomic E-state index is 10.3. The van der Waals surface area contributed by atoms with Gasteiger partial charge in [-0.2, -0.15) is 0 Å². The maximum Gasteiger partial charge on any atom is 0.312 e. The largest absolute Gasteiger partial charge is 0.421 e. The molecule has 0 aromatic rings. The molecule has 0 radical (unpaired) electrons. The van der Waals surface area contributed by atoms with Crippen LogP contribution in [0, 0.1) is 0 Å². The molecule has 5 heteroatoms. The molecule has 0 bridgehead atoms. The highest BCUT2D eigenvalue weighted by molar-refractivity contribution is 6.50. The molecule has 0 saturated carbocycles. The van der Waals surface area contributed by atoms with Crippen molar-refractivity contribution in [2.45, 2.75) is 25.9 Å². The quantitative estimate of drug-likeness (QED) is 0.471. The van der Waals surface area contributed by atoms with Crippen LogP contribution in [0.2, 0.25) is 12.6 Å². The topological polar surface area (TPSA) is 64.3 Å². The van der Waals surface area contributed by atoms with Crippen molar-refractivity contribution in [2.24, 2.45) is 5.73 Å². The van der Waals surface area contributed by atoms with Crippen LogP contribution in [0.3, 0.4) is 0 Å². The summed E-state index contributed by atoms with van der Waals surface area (Å²) < 4.78 is 5.44. The summed E-state index contributed by atoms with van der Waals surface area (Å²) in [4.78, 5) is 10.3. The minimum absolute atomic E-state index is 0.444. The lowest BCUT2D eigenvalue weighted by molar-refractivity contribution is 0.249. The van der Waals surface area contributed by atoms with Gasteiger partial charge in [0.1, 0.15) is 0 Å². The van der Waals surface area contributed by atoms with E-state index in [4.69, 9.17) is 10.2 Å². The first-order valence-corrected chi connectivity index (χ1v) is 6.76. The summed E-state index contributed by atoms with van der Waals surface area (Å²) in [6, 6.07) is 0.648. The van der Waals surface area contributed by atoms with E-state index in [1.807, 2.05) is 6.92 Å². The lowest BCUT2D eigenvalue weighted by Gasteiger charge is -2.08. The molecular weight excluding hydrogens is 172 g/mol. The number of carbonyl (C=O) groups is 1. The van der Waals surface area contributed by atoms with E-state index in [1.165, 1.54) is 0 Å². The molecule has 2 amide bonds. The van der Waals surface area contributed by atoms with Gasteiger partial charge in [0.15, 0.2) is 9.04 Å². The zero-order valence-corrected chi connectivity index (χ0v) is 8.95. The highest BCUT2D eigenvalue weighted by atomic mass is 28.3. The predicted molar refractivity (Wildman–Crippen MR) is 51.6 cm³/mol. The molecule has 1 atom stereocenters. The van der Waals surface area contributed by atoms with Crippen molar-refractivity contribution in [3.8, 4) is 0 Å². The highest BCUT2D eigenvalue weighted by Crippen LogP contribution is 1.97. The van der Waals surface area contributed by atoms with Gasteiger partial charge < -0.3 is 15.5 Å². The fourth-order valence-corrected chi connectivity index (χ4v) is 2.48. The zero-order chi connectivity index (χ0) is 9.40. The number of hydrogen-bond acceptors (Lipinski definition) is 2. The normalized spacial score (nSPS) is 12.5. The summed E-state index contributed by atoms with van der Waals surface area (Å²) >= 11 is 0. The van der Waals surface area contributed by atoms with Crippen LogP contribution in [0.4, 0.5) is 4.79 Å². The van der Waals surface area contributed by atoms with Crippen LogP contribution in [0.5, 0.6) is 0 Å². The molecule has 0 aromatic heterocycles. The van der Waals surface area contributed by atoms with E-state index in [0.29, 0.717) is 6.54 Å². The number of rotatable bonds is 6. The number of nitrogens with two attached hydrogens (primary N) is 1. The summed E-state index contributed by atoms with van der Waals surface area (Å²) in [7, 11) is -0.957. The third-order valence-electron chi connectivity index (χ3n) is 1.54. The van der Waals surface area contributed by atoms with Crippen molar-refractivity contribution in [2.75, 3.05) is 13.2 Å². The second-order valence-corrected chi connectivity index (χ2v) is 5.23. The summed E-state index contributed by atoms with van der Waals surface area (Å²) in [6.07, 6.45) is 0.969. The van der Waals surface area contributed by atoms with Crippen molar-refractivity contribution in [3.63, 3.8) is 0 Å². The Bertz CT molecular complexity index is 133. The van der Waals surface area contributed by atoms with Crippen molar-refractivity contribution in [1.29, 1.82) is 0 Å². The van der Waals surface area contributed by atoms with Gasteiger partial charge in [0, 0.05) is 13.2 Å². The van der Waals surface area contributed by atoms with Crippen LogP contribution >= 0.6 is 0 Å². The monoisotopic (exact) mass is 190 g/mol. The Morgan fingerprint density at radius 3 is 2.83 bits per heavy atom. The van der Waals surface area contributed by atoms with Crippen LogP contribution in [0.25, 0.3) is 0 Å². The first-order chi connectivity index (χ1) is 5.66. The third-order valence-corrected chi connectivity index (χ3v) is 3.66. The van der Waals surface area contributed by atoms with Gasteiger partial charge in [0.05, 0.1) is 0 Å². The van der Waals surface area contributed by atoms with E-state index in [0.717, 1.165) is 19.1 Å². The van der Waals surface area contributed by atoms with E-state index >= 15 is 0 Å². The Balaban J connectivity index is 3.13. The minimum Gasteiger partial charge on any atom is -0.421 e. The fourth-order valence-electron chi connectivity index (χ4n) is 0.969. The molecule has 0 saturated heterocycles. The van der Waals surface area contributed by atoms with Crippen molar-refractivity contribution in [3.05, 3.63) is 0 Å². The second kappa shape index (κ2) is 7.12. The van der Waals surface area contributed by atoms with Crippen molar-refractivity contribution >= 4 is 15.1 Å². The number of urea groups is 1. The average molecular weight is 190 g/mol. The van der Waals surface area contributed by atoms with Crippen LogP contribution < -0.4 is 11.1 Å². The Morgan fingerprint density at radius 1 is 1.67 bits per heavy atom. The summed E-state index contributed by atoms with van der Waals surface area (Å²) in [5, 5.41) is 2.55. The maximum atomic E-state index is 10.3. The molecule has 3 N–H and O–H groups in total. The molecule has 0 aliphatic rings. The minimum atomic E-state index is -0.957. The average Bonchev–Trinajstić information content (AvgIpc) is 1.98. The van der Waals surface area contributed by atoms with Crippen molar-refractivity contribution in [1.82, 2.24) is 5.32 Å². The van der Waals surface area contributed by atoms with Gasteiger partial charge in [-0.25, -0.2) is 4.79 Å². The molecule has 1 unspecified atom stereocenters. The Hall–Kier alpha value is -0.553. The number of hydrogen-bond donors (Lipinski definition) is 2. The van der Waals surface area contributed by atoms with Gasteiger partial charge in [-0.05, 0) is 25.9 Å². The Morgan fingerprint density at radius 2 is 2.33 bits per heavy atom. The molecule has 0 aromatic carbocycles. The number of nitrogens with one attached hydrogen (secondary N) is 1. The first kappa shape index (κ1) is 11.4. The molecule has 0 rings (SSSR count). The number of primary amides is 1. The summed E-state index contributed by atoms with van der Waals surface area (Å²) in [5.41, 5.74) is 4.90. The number of carbonyl (C=O) groups excluding carboxylic acids is 1. The van der Waals surface area contributed by atoms with Gasteiger partial charge in [-0.15, -0.1) is 0 Å². The van der Waals surface area contributed by atoms with Crippen molar-refractivity contribution < 1.29 is 9.22 Å². The highest BCUT2D eigenvalue weighted by Gasteiger charge is 2.02. The Labute approximate surface area is 75.2 Å². The second-order valence-electron chi connectivity index (χ2n) is 2.70. The molecule has 0 aliphatic heterocycles. The third kappa shape index (κ3) is 7.55. The fraction of sp³-hybridized carbons (Fsp3) is 0.857. The van der Waals surface area contributed by atoms with Crippen LogP contribution in [0.1, 0.15) is 13.3 Å². The van der Waals surface area contributed by atoms with Crippen LogP contribution in [-0.4, -0.2) is 28.2 Å². The summed E-state index contributed by atoms with van der Waals surface area (Å²) in [5.74, 6) is 0. The lowest BCUT2D eigenvalue weighted by Crippen LogP contribution is -2.30. The molecular formula is C7H18N2O2Si. The molecule has 12 heavy (non-hydrogen) atoms. The molecule has 0 heterocycles. The van der Waals surface area contributed by atoms with E-state index in [9.17, 15) is 4.79 Å². The van der Waals surface area contributed by atoms with Gasteiger partial charge in [0.25, 0.3) is 0 Å². The molecule has 0 fully saturated rings. The van der Waals surface area contributed by atoms with Crippen LogP contribution in [-0.2, 0) is 4.43 Å². The van der Waals surface area contributed by atoms with E-state index in [2.05, 4.69) is 11.9 Å². The van der Waals surface area contributed by atoms with Gasteiger partial charge >= 0.3 is 6.03 Å².